The van der Waals surface area contributed by atoms with Gasteiger partial charge in [-0.05, 0) is 19.3 Å². The molecule has 5 heteroatoms. The number of imide groups is 1. The highest BCUT2D eigenvalue weighted by Crippen LogP contribution is 2.47. The molecule has 2 fully saturated rings. The second-order valence-corrected chi connectivity index (χ2v) is 5.39. The van der Waals surface area contributed by atoms with Crippen LogP contribution in [0, 0.1) is 5.41 Å². The summed E-state index contributed by atoms with van der Waals surface area (Å²) in [5, 5.41) is 8.86. The third-order valence-electron chi connectivity index (χ3n) is 4.24. The van der Waals surface area contributed by atoms with Gasteiger partial charge in [0.15, 0.2) is 0 Å². The number of hydrogen-bond acceptors (Lipinski definition) is 3. The summed E-state index contributed by atoms with van der Waals surface area (Å²) in [4.78, 5) is 36.5. The zero-order valence-corrected chi connectivity index (χ0v) is 10.6. The van der Waals surface area contributed by atoms with E-state index in [9.17, 15) is 14.4 Å². The monoisotopic (exact) mass is 253 g/mol. The first-order valence-electron chi connectivity index (χ1n) is 6.58. The molecule has 1 aliphatic heterocycles. The Kier molecular flexibility index (Phi) is 3.41. The van der Waals surface area contributed by atoms with Crippen LogP contribution in [-0.2, 0) is 14.4 Å². The van der Waals surface area contributed by atoms with Crippen molar-refractivity contribution in [2.24, 2.45) is 5.41 Å². The highest BCUT2D eigenvalue weighted by molar-refractivity contribution is 6.06. The highest BCUT2D eigenvalue weighted by atomic mass is 16.4. The summed E-state index contributed by atoms with van der Waals surface area (Å²) in [6, 6.07) is -0.484. The molecule has 100 valence electrons. The van der Waals surface area contributed by atoms with Crippen molar-refractivity contribution in [3.63, 3.8) is 0 Å². The first-order valence-corrected chi connectivity index (χ1v) is 6.58. The average molecular weight is 253 g/mol. The molecule has 1 saturated carbocycles. The van der Waals surface area contributed by atoms with E-state index in [-0.39, 0.29) is 24.7 Å². The number of carbonyl (C=O) groups is 3. The molecule has 5 nitrogen and oxygen atoms in total. The van der Waals surface area contributed by atoms with Gasteiger partial charge < -0.3 is 5.11 Å². The first kappa shape index (κ1) is 13.1. The van der Waals surface area contributed by atoms with Crippen LogP contribution in [0.3, 0.4) is 0 Å². The summed E-state index contributed by atoms with van der Waals surface area (Å²) >= 11 is 0. The Hall–Kier alpha value is -1.39. The van der Waals surface area contributed by atoms with Crippen molar-refractivity contribution < 1.29 is 19.5 Å². The number of carbonyl (C=O) groups excluding carboxylic acids is 2. The van der Waals surface area contributed by atoms with Crippen LogP contribution in [0.1, 0.15) is 51.9 Å². The van der Waals surface area contributed by atoms with E-state index in [1.165, 1.54) is 4.90 Å². The molecule has 1 atom stereocenters. The van der Waals surface area contributed by atoms with Gasteiger partial charge in [0, 0.05) is 12.5 Å². The average Bonchev–Trinajstić information content (AvgIpc) is 2.85. The third-order valence-corrected chi connectivity index (χ3v) is 4.24. The predicted molar refractivity (Wildman–Crippen MR) is 63.7 cm³/mol. The maximum atomic E-state index is 12.4. The van der Waals surface area contributed by atoms with Crippen LogP contribution in [0.15, 0.2) is 0 Å². The zero-order valence-electron chi connectivity index (χ0n) is 10.6. The van der Waals surface area contributed by atoms with E-state index in [2.05, 4.69) is 0 Å². The predicted octanol–water partition coefficient (Wildman–Crippen LogP) is 1.56. The largest absolute Gasteiger partial charge is 0.481 e. The number of rotatable bonds is 4. The lowest BCUT2D eigenvalue weighted by molar-refractivity contribution is -0.146. The second kappa shape index (κ2) is 4.71. The van der Waals surface area contributed by atoms with E-state index < -0.39 is 17.4 Å². The van der Waals surface area contributed by atoms with E-state index in [1.807, 2.05) is 6.92 Å². The molecule has 18 heavy (non-hydrogen) atoms. The first-order chi connectivity index (χ1) is 8.50. The minimum Gasteiger partial charge on any atom is -0.481 e. The molecule has 1 aliphatic carbocycles. The molecule has 2 rings (SSSR count). The van der Waals surface area contributed by atoms with Crippen molar-refractivity contribution in [1.82, 2.24) is 4.90 Å². The summed E-state index contributed by atoms with van der Waals surface area (Å²) in [6.07, 6.45) is 4.16. The van der Waals surface area contributed by atoms with Crippen molar-refractivity contribution in [2.75, 3.05) is 0 Å². The Bertz CT molecular complexity index is 384. The molecule has 1 spiro atoms. The Morgan fingerprint density at radius 3 is 2.50 bits per heavy atom. The molecule has 0 bridgehead atoms. The van der Waals surface area contributed by atoms with Gasteiger partial charge in [-0.25, -0.2) is 0 Å². The van der Waals surface area contributed by atoms with Crippen LogP contribution < -0.4 is 0 Å². The molecule has 0 aromatic heterocycles. The fourth-order valence-corrected chi connectivity index (χ4v) is 3.25. The number of carboxylic acid groups (broad SMARTS) is 1. The lowest BCUT2D eigenvalue weighted by atomic mass is 9.84. The molecule has 1 unspecified atom stereocenters. The smallest absolute Gasteiger partial charge is 0.305 e. The number of amides is 2. The molecular weight excluding hydrogens is 234 g/mol. The molecule has 0 radical (unpaired) electrons. The van der Waals surface area contributed by atoms with Crippen molar-refractivity contribution in [1.29, 1.82) is 0 Å². The molecule has 1 N–H and O–H groups in total. The van der Waals surface area contributed by atoms with Gasteiger partial charge in [0.05, 0.1) is 11.8 Å². The maximum Gasteiger partial charge on any atom is 0.305 e. The van der Waals surface area contributed by atoms with Crippen LogP contribution >= 0.6 is 0 Å². The van der Waals surface area contributed by atoms with Crippen molar-refractivity contribution >= 4 is 17.8 Å². The molecule has 1 saturated heterocycles. The summed E-state index contributed by atoms with van der Waals surface area (Å²) in [5.41, 5.74) is -0.497. The number of carboxylic acids is 1. The topological polar surface area (TPSA) is 74.7 Å². The second-order valence-electron chi connectivity index (χ2n) is 5.39. The maximum absolute atomic E-state index is 12.4. The highest BCUT2D eigenvalue weighted by Gasteiger charge is 2.54. The number of nitrogens with zero attached hydrogens (tertiary/aromatic N) is 1. The molecule has 2 amide bonds. The number of likely N-dealkylation sites (tertiary alicyclic amines) is 1. The molecule has 0 aromatic carbocycles. The number of aliphatic carboxylic acids is 1. The van der Waals surface area contributed by atoms with Crippen LogP contribution in [0.5, 0.6) is 0 Å². The van der Waals surface area contributed by atoms with E-state index in [0.717, 1.165) is 25.7 Å². The lowest BCUT2D eigenvalue weighted by Crippen LogP contribution is -2.43. The fraction of sp³-hybridized carbons (Fsp3) is 0.769. The van der Waals surface area contributed by atoms with Gasteiger partial charge in [0.1, 0.15) is 0 Å². The van der Waals surface area contributed by atoms with Crippen LogP contribution in [0.2, 0.25) is 0 Å². The standard InChI is InChI=1S/C13H19NO4/c1-2-9(7-11(16)17)14-10(15)8-13(12(14)18)5-3-4-6-13/h9H,2-8H2,1H3,(H,16,17). The summed E-state index contributed by atoms with van der Waals surface area (Å²) in [5.74, 6) is -1.28. The van der Waals surface area contributed by atoms with Gasteiger partial charge in [-0.2, -0.15) is 0 Å². The Labute approximate surface area is 106 Å². The van der Waals surface area contributed by atoms with Crippen molar-refractivity contribution in [2.45, 2.75) is 57.9 Å². The quantitative estimate of drug-likeness (QED) is 0.771. The van der Waals surface area contributed by atoms with E-state index >= 15 is 0 Å². The van der Waals surface area contributed by atoms with Gasteiger partial charge in [0.2, 0.25) is 11.8 Å². The van der Waals surface area contributed by atoms with Gasteiger partial charge in [-0.15, -0.1) is 0 Å². The molecule has 1 heterocycles. The minimum absolute atomic E-state index is 0.127. The summed E-state index contributed by atoms with van der Waals surface area (Å²) < 4.78 is 0. The molecule has 2 aliphatic rings. The van der Waals surface area contributed by atoms with Gasteiger partial charge >= 0.3 is 5.97 Å². The molecule has 0 aromatic rings. The summed E-state index contributed by atoms with van der Waals surface area (Å²) in [7, 11) is 0. The zero-order chi connectivity index (χ0) is 13.3. The third kappa shape index (κ3) is 2.02. The van der Waals surface area contributed by atoms with Gasteiger partial charge in [-0.1, -0.05) is 19.8 Å². The van der Waals surface area contributed by atoms with E-state index in [0.29, 0.717) is 6.42 Å². The molecular formula is C13H19NO4. The van der Waals surface area contributed by atoms with E-state index in [4.69, 9.17) is 5.11 Å². The van der Waals surface area contributed by atoms with Crippen LogP contribution in [-0.4, -0.2) is 33.8 Å². The van der Waals surface area contributed by atoms with Crippen LogP contribution in [0.4, 0.5) is 0 Å². The number of hydrogen-bond donors (Lipinski definition) is 1. The van der Waals surface area contributed by atoms with E-state index in [1.54, 1.807) is 0 Å². The van der Waals surface area contributed by atoms with Crippen molar-refractivity contribution in [3.8, 4) is 0 Å². The SMILES string of the molecule is CCC(CC(=O)O)N1C(=O)CC2(CCCC2)C1=O. The van der Waals surface area contributed by atoms with Gasteiger partial charge in [0.25, 0.3) is 0 Å². The van der Waals surface area contributed by atoms with Gasteiger partial charge in [-0.3, -0.25) is 19.3 Å². The Balaban J connectivity index is 2.20. The van der Waals surface area contributed by atoms with Crippen LogP contribution in [0.25, 0.3) is 0 Å². The fourth-order valence-electron chi connectivity index (χ4n) is 3.25. The lowest BCUT2D eigenvalue weighted by Gasteiger charge is -2.26. The Morgan fingerprint density at radius 2 is 2.00 bits per heavy atom. The normalized spacial score (nSPS) is 23.9. The van der Waals surface area contributed by atoms with Crippen molar-refractivity contribution in [3.05, 3.63) is 0 Å². The minimum atomic E-state index is -0.963. The summed E-state index contributed by atoms with van der Waals surface area (Å²) in [6.45, 7) is 1.81. The Morgan fingerprint density at radius 1 is 1.39 bits per heavy atom.